The normalized spacial score (nSPS) is 17.5. The maximum Gasteiger partial charge on any atom is 0.247 e. The number of hydrogen-bond acceptors (Lipinski definition) is 3. The van der Waals surface area contributed by atoms with Crippen LogP contribution >= 0.6 is 0 Å². The van der Waals surface area contributed by atoms with Gasteiger partial charge in [-0.1, -0.05) is 65.8 Å². The molecule has 1 aliphatic heterocycles. The summed E-state index contributed by atoms with van der Waals surface area (Å²) in [6.07, 6.45) is 3.15. The molecule has 0 amide bonds. The molecular formula is C24H41NO2Si. The number of allylic oxidation sites excluding steroid dienone is 1. The minimum Gasteiger partial charge on any atom is -0.548 e. The van der Waals surface area contributed by atoms with Crippen molar-refractivity contribution in [3.8, 4) is 0 Å². The molecule has 3 nitrogen and oxygen atoms in total. The van der Waals surface area contributed by atoms with Gasteiger partial charge in [0, 0.05) is 19.0 Å². The molecule has 1 heterocycles. The van der Waals surface area contributed by atoms with Gasteiger partial charge in [-0.3, -0.25) is 0 Å². The molecule has 1 aromatic rings. The zero-order valence-corrected chi connectivity index (χ0v) is 20.2. The number of morpholine rings is 1. The Bertz CT molecular complexity index is 623. The standard InChI is InChI=1S/C24H41NO2Si/c1-8-28(7,9-2)27-19-23(25-14-16-26-17-15-25)20(3)18-21-10-12-22(13-11-21)24(4,5)6/h10-13,19-20H,8-9,14-18H2,1-7H3/b23-19-. The molecule has 0 radical (unpaired) electrons. The van der Waals surface area contributed by atoms with Gasteiger partial charge in [-0.05, 0) is 41.6 Å². The van der Waals surface area contributed by atoms with Crippen LogP contribution in [0.25, 0.3) is 0 Å². The Morgan fingerprint density at radius 1 is 1.14 bits per heavy atom. The first-order valence-corrected chi connectivity index (χ1v) is 13.8. The Morgan fingerprint density at radius 2 is 1.71 bits per heavy atom. The van der Waals surface area contributed by atoms with Crippen molar-refractivity contribution in [2.75, 3.05) is 26.3 Å². The van der Waals surface area contributed by atoms with E-state index in [1.165, 1.54) is 16.8 Å². The summed E-state index contributed by atoms with van der Waals surface area (Å²) in [4.78, 5) is 2.47. The Morgan fingerprint density at radius 3 is 2.21 bits per heavy atom. The van der Waals surface area contributed by atoms with Gasteiger partial charge in [-0.2, -0.15) is 0 Å². The van der Waals surface area contributed by atoms with E-state index in [2.05, 4.69) is 83.5 Å². The molecule has 0 bridgehead atoms. The Labute approximate surface area is 174 Å². The van der Waals surface area contributed by atoms with Crippen LogP contribution < -0.4 is 0 Å². The van der Waals surface area contributed by atoms with Gasteiger partial charge in [0.05, 0.1) is 25.2 Å². The average molecular weight is 404 g/mol. The van der Waals surface area contributed by atoms with Crippen LogP contribution in [0.2, 0.25) is 18.6 Å². The highest BCUT2D eigenvalue weighted by molar-refractivity contribution is 6.72. The first kappa shape index (κ1) is 23.0. The smallest absolute Gasteiger partial charge is 0.247 e. The minimum atomic E-state index is -1.62. The summed E-state index contributed by atoms with van der Waals surface area (Å²) in [7, 11) is -1.62. The Balaban J connectivity index is 2.17. The Kier molecular flexibility index (Phi) is 8.20. The molecule has 1 saturated heterocycles. The molecule has 1 fully saturated rings. The second kappa shape index (κ2) is 9.97. The molecule has 2 rings (SSSR count). The highest BCUT2D eigenvalue weighted by atomic mass is 28.4. The molecule has 0 aliphatic carbocycles. The third kappa shape index (κ3) is 6.38. The SMILES string of the molecule is CC[Si](C)(CC)O/C=C(/C(C)Cc1ccc(C(C)(C)C)cc1)N1CCOCC1. The van der Waals surface area contributed by atoms with Crippen molar-refractivity contribution in [1.29, 1.82) is 0 Å². The topological polar surface area (TPSA) is 21.7 Å². The van der Waals surface area contributed by atoms with Crippen LogP contribution in [0.1, 0.15) is 52.7 Å². The third-order valence-electron chi connectivity index (χ3n) is 6.20. The van der Waals surface area contributed by atoms with E-state index in [0.717, 1.165) is 44.8 Å². The van der Waals surface area contributed by atoms with Crippen LogP contribution in [0.4, 0.5) is 0 Å². The highest BCUT2D eigenvalue weighted by Crippen LogP contribution is 2.27. The largest absolute Gasteiger partial charge is 0.548 e. The van der Waals surface area contributed by atoms with Crippen molar-refractivity contribution >= 4 is 8.32 Å². The first-order chi connectivity index (χ1) is 13.2. The second-order valence-corrected chi connectivity index (χ2v) is 14.0. The van der Waals surface area contributed by atoms with E-state index < -0.39 is 8.32 Å². The molecular weight excluding hydrogens is 362 g/mol. The fourth-order valence-electron chi connectivity index (χ4n) is 3.54. The average Bonchev–Trinajstić information content (AvgIpc) is 2.68. The molecule has 1 aliphatic rings. The van der Waals surface area contributed by atoms with Crippen molar-refractivity contribution in [2.45, 2.75) is 72.0 Å². The molecule has 158 valence electrons. The molecule has 1 unspecified atom stereocenters. The number of rotatable bonds is 8. The second-order valence-electron chi connectivity index (χ2n) is 9.47. The van der Waals surface area contributed by atoms with E-state index in [-0.39, 0.29) is 5.41 Å². The summed E-state index contributed by atoms with van der Waals surface area (Å²) in [6.45, 7) is 19.5. The van der Waals surface area contributed by atoms with Crippen LogP contribution in [0, 0.1) is 5.92 Å². The van der Waals surface area contributed by atoms with Crippen LogP contribution in [-0.4, -0.2) is 39.5 Å². The predicted octanol–water partition coefficient (Wildman–Crippen LogP) is 5.97. The van der Waals surface area contributed by atoms with E-state index in [1.807, 2.05) is 0 Å². The predicted molar refractivity (Wildman–Crippen MR) is 122 cm³/mol. The Hall–Kier alpha value is -1.26. The van der Waals surface area contributed by atoms with Crippen molar-refractivity contribution in [2.24, 2.45) is 5.92 Å². The molecule has 1 atom stereocenters. The fraction of sp³-hybridized carbons (Fsp3) is 0.667. The summed E-state index contributed by atoms with van der Waals surface area (Å²) in [5.74, 6) is 0.422. The summed E-state index contributed by atoms with van der Waals surface area (Å²) < 4.78 is 12.0. The number of ether oxygens (including phenoxy) is 1. The van der Waals surface area contributed by atoms with Gasteiger partial charge >= 0.3 is 0 Å². The van der Waals surface area contributed by atoms with E-state index >= 15 is 0 Å². The van der Waals surface area contributed by atoms with E-state index in [1.54, 1.807) is 0 Å². The van der Waals surface area contributed by atoms with Crippen molar-refractivity contribution in [3.05, 3.63) is 47.4 Å². The molecule has 0 N–H and O–H groups in total. The molecule has 4 heteroatoms. The number of benzene rings is 1. The number of nitrogens with zero attached hydrogens (tertiary/aromatic N) is 1. The lowest BCUT2D eigenvalue weighted by atomic mass is 9.86. The highest BCUT2D eigenvalue weighted by Gasteiger charge is 2.27. The maximum absolute atomic E-state index is 6.46. The summed E-state index contributed by atoms with van der Waals surface area (Å²) in [5, 5.41) is 0. The summed E-state index contributed by atoms with van der Waals surface area (Å²) in [5.41, 5.74) is 4.32. The van der Waals surface area contributed by atoms with Crippen LogP contribution in [0.15, 0.2) is 36.2 Å². The fourth-order valence-corrected chi connectivity index (χ4v) is 4.78. The van der Waals surface area contributed by atoms with Crippen molar-refractivity contribution < 1.29 is 9.16 Å². The van der Waals surface area contributed by atoms with Gasteiger partial charge in [0.1, 0.15) is 0 Å². The molecule has 0 saturated carbocycles. The molecule has 28 heavy (non-hydrogen) atoms. The van der Waals surface area contributed by atoms with Gasteiger partial charge in [-0.25, -0.2) is 0 Å². The van der Waals surface area contributed by atoms with Crippen LogP contribution in [0.3, 0.4) is 0 Å². The van der Waals surface area contributed by atoms with Crippen molar-refractivity contribution in [1.82, 2.24) is 4.90 Å². The van der Waals surface area contributed by atoms with Gasteiger partial charge in [0.2, 0.25) is 8.32 Å². The van der Waals surface area contributed by atoms with Crippen molar-refractivity contribution in [3.63, 3.8) is 0 Å². The van der Waals surface area contributed by atoms with E-state index in [9.17, 15) is 0 Å². The van der Waals surface area contributed by atoms with Crippen LogP contribution in [-0.2, 0) is 21.0 Å². The van der Waals surface area contributed by atoms with Gasteiger partial charge < -0.3 is 14.1 Å². The van der Waals surface area contributed by atoms with Crippen LogP contribution in [0.5, 0.6) is 0 Å². The zero-order valence-electron chi connectivity index (χ0n) is 19.2. The zero-order chi connectivity index (χ0) is 20.8. The molecule has 0 spiro atoms. The lowest BCUT2D eigenvalue weighted by Crippen LogP contribution is -2.39. The quantitative estimate of drug-likeness (QED) is 0.394. The van der Waals surface area contributed by atoms with E-state index in [4.69, 9.17) is 9.16 Å². The number of hydrogen-bond donors (Lipinski definition) is 0. The van der Waals surface area contributed by atoms with Gasteiger partial charge in [-0.15, -0.1) is 0 Å². The summed E-state index contributed by atoms with van der Waals surface area (Å²) in [6, 6.07) is 11.5. The lowest BCUT2D eigenvalue weighted by Gasteiger charge is -2.35. The molecule has 1 aromatic carbocycles. The monoisotopic (exact) mass is 403 g/mol. The van der Waals surface area contributed by atoms with E-state index in [0.29, 0.717) is 5.92 Å². The van der Waals surface area contributed by atoms with Gasteiger partial charge in [0.15, 0.2) is 0 Å². The van der Waals surface area contributed by atoms with Gasteiger partial charge in [0.25, 0.3) is 0 Å². The minimum absolute atomic E-state index is 0.201. The first-order valence-electron chi connectivity index (χ1n) is 11.0. The lowest BCUT2D eigenvalue weighted by molar-refractivity contribution is 0.0477. The molecule has 0 aromatic heterocycles. The summed E-state index contributed by atoms with van der Waals surface area (Å²) >= 11 is 0. The third-order valence-corrected chi connectivity index (χ3v) is 9.88. The maximum atomic E-state index is 6.46.